The van der Waals surface area contributed by atoms with Crippen LogP contribution in [-0.2, 0) is 0 Å². The zero-order valence-electron chi connectivity index (χ0n) is 9.31. The lowest BCUT2D eigenvalue weighted by molar-refractivity contribution is 0.0174. The third kappa shape index (κ3) is 3.26. The van der Waals surface area contributed by atoms with Crippen LogP contribution in [-0.4, -0.2) is 33.3 Å². The summed E-state index contributed by atoms with van der Waals surface area (Å²) in [7, 11) is 0. The molecule has 5 nitrogen and oxygen atoms in total. The zero-order valence-corrected chi connectivity index (χ0v) is 10.8. The number of benzene rings is 1. The first-order chi connectivity index (χ1) is 8.38. The second kappa shape index (κ2) is 6.24. The average Bonchev–Trinajstić information content (AvgIpc) is 2.30. The van der Waals surface area contributed by atoms with Crippen LogP contribution in [0.4, 0.5) is 5.69 Å². The van der Waals surface area contributed by atoms with E-state index < -0.39 is 18.2 Å². The highest BCUT2D eigenvalue weighted by Crippen LogP contribution is 2.30. The maximum Gasteiger partial charge on any atom is 0.337 e. The van der Waals surface area contributed by atoms with Crippen molar-refractivity contribution in [3.05, 3.63) is 28.3 Å². The van der Waals surface area contributed by atoms with Gasteiger partial charge in [0.25, 0.3) is 0 Å². The van der Waals surface area contributed by atoms with E-state index in [0.29, 0.717) is 0 Å². The first-order valence-electron chi connectivity index (χ1n) is 5.12. The van der Waals surface area contributed by atoms with E-state index in [1.807, 2.05) is 0 Å². The Labute approximate surface area is 114 Å². The molecule has 0 aliphatic rings. The number of aliphatic hydroxyl groups is 2. The summed E-state index contributed by atoms with van der Waals surface area (Å²) in [6.45, 7) is 0. The fourth-order valence-electron chi connectivity index (χ4n) is 1.54. The molecule has 18 heavy (non-hydrogen) atoms. The van der Waals surface area contributed by atoms with Crippen LogP contribution in [0, 0.1) is 0 Å². The Morgan fingerprint density at radius 1 is 1.39 bits per heavy atom. The van der Waals surface area contributed by atoms with Gasteiger partial charge in [0, 0.05) is 16.5 Å². The number of carboxylic acids is 1. The van der Waals surface area contributed by atoms with E-state index in [1.165, 1.54) is 12.1 Å². The molecule has 1 aromatic rings. The summed E-state index contributed by atoms with van der Waals surface area (Å²) in [5.41, 5.74) is 5.39. The fourth-order valence-corrected chi connectivity index (χ4v) is 1.99. The monoisotopic (exact) mass is 293 g/mol. The molecule has 0 aliphatic carbocycles. The summed E-state index contributed by atoms with van der Waals surface area (Å²) in [6, 6.07) is 2.51. The first kappa shape index (κ1) is 15.0. The molecule has 5 N–H and O–H groups in total. The maximum absolute atomic E-state index is 10.9. The second-order valence-electron chi connectivity index (χ2n) is 3.75. The highest BCUT2D eigenvalue weighted by Gasteiger charge is 2.23. The van der Waals surface area contributed by atoms with E-state index in [1.54, 1.807) is 0 Å². The number of rotatable bonds is 5. The SMILES string of the molecule is Nc1c(C(=O)O)cc(Cl)cc1C(O)C(O)CCCl. The minimum atomic E-state index is -1.33. The Bertz CT molecular complexity index is 453. The lowest BCUT2D eigenvalue weighted by Gasteiger charge is -2.20. The third-order valence-electron chi connectivity index (χ3n) is 2.50. The Morgan fingerprint density at radius 3 is 2.50 bits per heavy atom. The fraction of sp³-hybridized carbons (Fsp3) is 0.364. The topological polar surface area (TPSA) is 104 Å². The number of hydrogen-bond donors (Lipinski definition) is 4. The number of aromatic carboxylic acids is 1. The number of nitrogens with two attached hydrogens (primary N) is 1. The summed E-state index contributed by atoms with van der Waals surface area (Å²) < 4.78 is 0. The van der Waals surface area contributed by atoms with Crippen molar-refractivity contribution in [1.29, 1.82) is 0 Å². The molecule has 0 heterocycles. The van der Waals surface area contributed by atoms with E-state index in [9.17, 15) is 15.0 Å². The summed E-state index contributed by atoms with van der Waals surface area (Å²) >= 11 is 11.2. The molecule has 100 valence electrons. The van der Waals surface area contributed by atoms with E-state index in [2.05, 4.69) is 0 Å². The normalized spacial score (nSPS) is 14.2. The van der Waals surface area contributed by atoms with Gasteiger partial charge in [-0.15, -0.1) is 11.6 Å². The molecule has 0 radical (unpaired) electrons. The number of halogens is 2. The molecule has 1 aromatic carbocycles. The maximum atomic E-state index is 10.9. The van der Waals surface area contributed by atoms with E-state index in [0.717, 1.165) is 0 Å². The Kier molecular flexibility index (Phi) is 5.22. The van der Waals surface area contributed by atoms with Crippen LogP contribution in [0.2, 0.25) is 5.02 Å². The smallest absolute Gasteiger partial charge is 0.337 e. The van der Waals surface area contributed by atoms with Crippen molar-refractivity contribution in [3.63, 3.8) is 0 Å². The standard InChI is InChI=1S/C11H13Cl2NO4/c12-2-1-8(15)10(16)6-3-5(13)4-7(9(6)14)11(17)18/h3-4,8,10,15-16H,1-2,14H2,(H,17,18). The predicted octanol–water partition coefficient (Wildman–Crippen LogP) is 1.64. The van der Waals surface area contributed by atoms with E-state index in [-0.39, 0.29) is 34.1 Å². The molecule has 0 amide bonds. The van der Waals surface area contributed by atoms with Gasteiger partial charge in [0.1, 0.15) is 6.10 Å². The largest absolute Gasteiger partial charge is 0.478 e. The molecular weight excluding hydrogens is 281 g/mol. The minimum Gasteiger partial charge on any atom is -0.478 e. The van der Waals surface area contributed by atoms with Gasteiger partial charge in [-0.25, -0.2) is 4.79 Å². The number of nitrogen functional groups attached to an aromatic ring is 1. The number of anilines is 1. The highest BCUT2D eigenvalue weighted by molar-refractivity contribution is 6.31. The molecule has 0 saturated heterocycles. The van der Waals surface area contributed by atoms with Gasteiger partial charge >= 0.3 is 5.97 Å². The zero-order chi connectivity index (χ0) is 13.9. The minimum absolute atomic E-state index is 0.0810. The Morgan fingerprint density at radius 2 is 2.00 bits per heavy atom. The molecule has 7 heteroatoms. The van der Waals surface area contributed by atoms with Gasteiger partial charge in [-0.1, -0.05) is 11.6 Å². The van der Waals surface area contributed by atoms with Crippen molar-refractivity contribution >= 4 is 34.9 Å². The van der Waals surface area contributed by atoms with E-state index in [4.69, 9.17) is 34.0 Å². The molecule has 1 rings (SSSR count). The summed E-state index contributed by atoms with van der Waals surface area (Å²) in [6.07, 6.45) is -2.32. The molecule has 0 aromatic heterocycles. The van der Waals surface area contributed by atoms with Gasteiger partial charge in [0.15, 0.2) is 0 Å². The Hall–Kier alpha value is -1.01. The Balaban J connectivity index is 3.19. The highest BCUT2D eigenvalue weighted by atomic mass is 35.5. The molecule has 0 fully saturated rings. The van der Waals surface area contributed by atoms with Crippen molar-refractivity contribution < 1.29 is 20.1 Å². The molecule has 2 unspecified atom stereocenters. The number of carboxylic acid groups (broad SMARTS) is 1. The predicted molar refractivity (Wildman–Crippen MR) is 69.1 cm³/mol. The van der Waals surface area contributed by atoms with Crippen LogP contribution >= 0.6 is 23.2 Å². The molecular formula is C11H13Cl2NO4. The van der Waals surface area contributed by atoms with Crippen LogP contribution in [0.1, 0.15) is 28.4 Å². The van der Waals surface area contributed by atoms with Gasteiger partial charge in [-0.3, -0.25) is 0 Å². The van der Waals surface area contributed by atoms with Crippen LogP contribution in [0.15, 0.2) is 12.1 Å². The van der Waals surface area contributed by atoms with Gasteiger partial charge in [0.05, 0.1) is 17.4 Å². The quantitative estimate of drug-likeness (QED) is 0.488. The molecule has 0 bridgehead atoms. The van der Waals surface area contributed by atoms with Crippen molar-refractivity contribution in [1.82, 2.24) is 0 Å². The van der Waals surface area contributed by atoms with Gasteiger partial charge < -0.3 is 21.1 Å². The average molecular weight is 294 g/mol. The van der Waals surface area contributed by atoms with Gasteiger partial charge in [-0.05, 0) is 18.6 Å². The number of alkyl halides is 1. The van der Waals surface area contributed by atoms with Gasteiger partial charge in [-0.2, -0.15) is 0 Å². The van der Waals surface area contributed by atoms with Crippen LogP contribution < -0.4 is 5.73 Å². The van der Waals surface area contributed by atoms with Crippen molar-refractivity contribution in [2.75, 3.05) is 11.6 Å². The summed E-state index contributed by atoms with van der Waals surface area (Å²) in [4.78, 5) is 10.9. The molecule has 0 saturated carbocycles. The van der Waals surface area contributed by atoms with E-state index >= 15 is 0 Å². The lowest BCUT2D eigenvalue weighted by atomic mass is 9.98. The molecule has 2 atom stereocenters. The number of hydrogen-bond acceptors (Lipinski definition) is 4. The second-order valence-corrected chi connectivity index (χ2v) is 4.57. The van der Waals surface area contributed by atoms with Crippen molar-refractivity contribution in [2.45, 2.75) is 18.6 Å². The van der Waals surface area contributed by atoms with Crippen LogP contribution in [0.5, 0.6) is 0 Å². The molecule has 0 spiro atoms. The molecule has 0 aliphatic heterocycles. The van der Waals surface area contributed by atoms with Crippen LogP contribution in [0.3, 0.4) is 0 Å². The summed E-state index contributed by atoms with van der Waals surface area (Å²) in [5.74, 6) is -1.10. The summed E-state index contributed by atoms with van der Waals surface area (Å²) in [5, 5.41) is 28.6. The van der Waals surface area contributed by atoms with Gasteiger partial charge in [0.2, 0.25) is 0 Å². The third-order valence-corrected chi connectivity index (χ3v) is 2.93. The number of aliphatic hydroxyl groups excluding tert-OH is 2. The lowest BCUT2D eigenvalue weighted by Crippen LogP contribution is -2.21. The first-order valence-corrected chi connectivity index (χ1v) is 6.04. The van der Waals surface area contributed by atoms with Crippen molar-refractivity contribution in [3.8, 4) is 0 Å². The van der Waals surface area contributed by atoms with Crippen LogP contribution in [0.25, 0.3) is 0 Å². The van der Waals surface area contributed by atoms with Crippen molar-refractivity contribution in [2.24, 2.45) is 0 Å². The number of carbonyl (C=O) groups is 1.